The minimum atomic E-state index is -0.359. The minimum Gasteiger partial charge on any atom is -0.457 e. The summed E-state index contributed by atoms with van der Waals surface area (Å²) in [6.45, 7) is 0.878. The summed E-state index contributed by atoms with van der Waals surface area (Å²) in [6, 6.07) is 40.8. The van der Waals surface area contributed by atoms with Crippen LogP contribution in [-0.4, -0.2) is 12.2 Å². The Hall–Kier alpha value is -4.90. The second-order valence-electron chi connectivity index (χ2n) is 8.46. The lowest BCUT2D eigenvalue weighted by atomic mass is 10.1. The monoisotopic (exact) mass is 486 g/mol. The van der Waals surface area contributed by atoms with Crippen LogP contribution in [0.4, 0.5) is 5.69 Å². The van der Waals surface area contributed by atoms with Crippen molar-refractivity contribution in [1.29, 1.82) is 0 Å². The van der Waals surface area contributed by atoms with Gasteiger partial charge in [-0.3, -0.25) is 5.01 Å². The first-order valence-electron chi connectivity index (χ1n) is 12.1. The molecule has 0 N–H and O–H groups in total. The Morgan fingerprint density at radius 3 is 2.03 bits per heavy atom. The maximum Gasteiger partial charge on any atom is 0.338 e. The fourth-order valence-electron chi connectivity index (χ4n) is 3.84. The Morgan fingerprint density at radius 1 is 0.730 bits per heavy atom. The zero-order chi connectivity index (χ0) is 25.3. The van der Waals surface area contributed by atoms with Gasteiger partial charge in [-0.25, -0.2) is 4.79 Å². The van der Waals surface area contributed by atoms with Crippen molar-refractivity contribution in [3.63, 3.8) is 0 Å². The Kier molecular flexibility index (Phi) is 7.53. The normalized spacial score (nSPS) is 10.9. The lowest BCUT2D eigenvalue weighted by Crippen LogP contribution is -2.15. The van der Waals surface area contributed by atoms with E-state index in [2.05, 4.69) is 12.1 Å². The summed E-state index contributed by atoms with van der Waals surface area (Å²) in [5, 5.41) is 6.64. The van der Waals surface area contributed by atoms with Crippen molar-refractivity contribution < 1.29 is 13.9 Å². The predicted octanol–water partition coefficient (Wildman–Crippen LogP) is 7.34. The number of rotatable bonds is 9. The smallest absolute Gasteiger partial charge is 0.338 e. The number of esters is 1. The minimum absolute atomic E-state index is 0.243. The van der Waals surface area contributed by atoms with E-state index in [0.29, 0.717) is 23.6 Å². The van der Waals surface area contributed by atoms with Crippen LogP contribution < -0.4 is 5.01 Å². The molecule has 0 atom stereocenters. The van der Waals surface area contributed by atoms with Crippen LogP contribution in [0.5, 0.6) is 0 Å². The molecule has 0 saturated heterocycles. The summed E-state index contributed by atoms with van der Waals surface area (Å²) in [6.07, 6.45) is 1.72. The van der Waals surface area contributed by atoms with Gasteiger partial charge in [0.2, 0.25) is 0 Å². The molecule has 37 heavy (non-hydrogen) atoms. The maximum absolute atomic E-state index is 12.4. The molecule has 0 bridgehead atoms. The van der Waals surface area contributed by atoms with Crippen molar-refractivity contribution in [2.24, 2.45) is 5.10 Å². The molecule has 0 unspecified atom stereocenters. The highest BCUT2D eigenvalue weighted by molar-refractivity contribution is 5.90. The second-order valence-corrected chi connectivity index (χ2v) is 8.46. The van der Waals surface area contributed by atoms with Crippen LogP contribution in [0.1, 0.15) is 27.2 Å². The molecule has 1 heterocycles. The lowest BCUT2D eigenvalue weighted by Gasteiger charge is -2.19. The van der Waals surface area contributed by atoms with Crippen molar-refractivity contribution >= 4 is 17.9 Å². The molecule has 0 saturated carbocycles. The van der Waals surface area contributed by atoms with Crippen LogP contribution in [0.3, 0.4) is 0 Å². The maximum atomic E-state index is 12.4. The van der Waals surface area contributed by atoms with Crippen molar-refractivity contribution in [2.45, 2.75) is 13.2 Å². The van der Waals surface area contributed by atoms with Gasteiger partial charge in [-0.05, 0) is 47.5 Å². The number of carbonyl (C=O) groups excluding carboxylic acids is 1. The Bertz CT molecular complexity index is 1440. The van der Waals surface area contributed by atoms with Crippen molar-refractivity contribution in [3.05, 3.63) is 150 Å². The molecule has 5 rings (SSSR count). The number of benzene rings is 4. The molecule has 0 amide bonds. The zero-order valence-corrected chi connectivity index (χ0v) is 20.2. The van der Waals surface area contributed by atoms with E-state index >= 15 is 0 Å². The van der Waals surface area contributed by atoms with Gasteiger partial charge in [0.1, 0.15) is 18.1 Å². The van der Waals surface area contributed by atoms with E-state index in [4.69, 9.17) is 14.3 Å². The second kappa shape index (κ2) is 11.7. The molecule has 5 nitrogen and oxygen atoms in total. The number of ether oxygens (including phenoxy) is 1. The van der Waals surface area contributed by atoms with Crippen LogP contribution in [0, 0.1) is 0 Å². The molecular weight excluding hydrogens is 460 g/mol. The molecule has 0 aliphatic rings. The van der Waals surface area contributed by atoms with Gasteiger partial charge < -0.3 is 9.15 Å². The first-order chi connectivity index (χ1) is 18.2. The number of anilines is 1. The van der Waals surface area contributed by atoms with Gasteiger partial charge in [-0.2, -0.15) is 5.10 Å². The molecule has 5 heteroatoms. The Balaban J connectivity index is 1.25. The fourth-order valence-corrected chi connectivity index (χ4v) is 3.84. The first-order valence-corrected chi connectivity index (χ1v) is 12.1. The third-order valence-corrected chi connectivity index (χ3v) is 5.80. The van der Waals surface area contributed by atoms with Gasteiger partial charge in [0, 0.05) is 5.56 Å². The third kappa shape index (κ3) is 6.41. The molecule has 1 aromatic heterocycles. The zero-order valence-electron chi connectivity index (χ0n) is 20.2. The molecular formula is C32H26N2O3. The van der Waals surface area contributed by atoms with Crippen molar-refractivity contribution in [2.75, 3.05) is 5.01 Å². The summed E-state index contributed by atoms with van der Waals surface area (Å²) in [4.78, 5) is 12.4. The van der Waals surface area contributed by atoms with Crippen LogP contribution >= 0.6 is 0 Å². The van der Waals surface area contributed by atoms with Gasteiger partial charge >= 0.3 is 5.97 Å². The molecule has 182 valence electrons. The molecule has 0 aliphatic carbocycles. The summed E-state index contributed by atoms with van der Waals surface area (Å²) in [5.74, 6) is 0.970. The quantitative estimate of drug-likeness (QED) is 0.124. The average molecular weight is 487 g/mol. The van der Waals surface area contributed by atoms with Gasteiger partial charge in [0.05, 0.1) is 24.0 Å². The van der Waals surface area contributed by atoms with E-state index in [0.717, 1.165) is 22.4 Å². The van der Waals surface area contributed by atoms with E-state index in [-0.39, 0.29) is 12.6 Å². The molecule has 0 spiro atoms. The Labute approximate surface area is 216 Å². The number of hydrogen-bond donors (Lipinski definition) is 0. The topological polar surface area (TPSA) is 55.0 Å². The number of hydrogen-bond acceptors (Lipinski definition) is 5. The van der Waals surface area contributed by atoms with Gasteiger partial charge in [-0.1, -0.05) is 91.0 Å². The number of hydrazone groups is 1. The highest BCUT2D eigenvalue weighted by Gasteiger charge is 2.10. The molecule has 4 aromatic carbocycles. The summed E-state index contributed by atoms with van der Waals surface area (Å²) >= 11 is 0. The van der Waals surface area contributed by atoms with E-state index in [1.807, 2.05) is 108 Å². The summed E-state index contributed by atoms with van der Waals surface area (Å²) in [7, 11) is 0. The van der Waals surface area contributed by atoms with Crippen LogP contribution in [-0.2, 0) is 17.9 Å². The van der Waals surface area contributed by atoms with Gasteiger partial charge in [0.15, 0.2) is 0 Å². The molecule has 5 aromatic rings. The number of furan rings is 1. The van der Waals surface area contributed by atoms with E-state index in [9.17, 15) is 4.79 Å². The fraction of sp³-hybridized carbons (Fsp3) is 0.0625. The number of nitrogens with zero attached hydrogens (tertiary/aromatic N) is 2. The molecule has 0 radical (unpaired) electrons. The van der Waals surface area contributed by atoms with E-state index in [1.54, 1.807) is 18.3 Å². The third-order valence-electron chi connectivity index (χ3n) is 5.80. The average Bonchev–Trinajstić information content (AvgIpc) is 3.45. The van der Waals surface area contributed by atoms with Crippen molar-refractivity contribution in [3.8, 4) is 11.3 Å². The van der Waals surface area contributed by atoms with E-state index in [1.165, 1.54) is 0 Å². The van der Waals surface area contributed by atoms with E-state index < -0.39 is 0 Å². The summed E-state index contributed by atoms with van der Waals surface area (Å²) in [5.41, 5.74) is 4.46. The standard InChI is InChI=1S/C32H26N2O3/c35-32(36-24-26-12-6-2-7-13-26)28-18-16-27(17-19-28)31-21-20-30(37-31)22-33-34(29-14-8-3-9-15-29)23-25-10-4-1-5-11-25/h1-22H,23-24H2. The Morgan fingerprint density at radius 2 is 1.35 bits per heavy atom. The predicted molar refractivity (Wildman–Crippen MR) is 146 cm³/mol. The van der Waals surface area contributed by atoms with Crippen molar-refractivity contribution in [1.82, 2.24) is 0 Å². The van der Waals surface area contributed by atoms with Crippen LogP contribution in [0.15, 0.2) is 137 Å². The van der Waals surface area contributed by atoms with Crippen LogP contribution in [0.25, 0.3) is 11.3 Å². The SMILES string of the molecule is O=C(OCc1ccccc1)c1ccc(-c2ccc(C=NN(Cc3ccccc3)c3ccccc3)o2)cc1. The number of carbonyl (C=O) groups is 1. The largest absolute Gasteiger partial charge is 0.457 e. The first kappa shape index (κ1) is 23.8. The van der Waals surface area contributed by atoms with Crippen LogP contribution in [0.2, 0.25) is 0 Å². The van der Waals surface area contributed by atoms with Gasteiger partial charge in [0.25, 0.3) is 0 Å². The highest BCUT2D eigenvalue weighted by Crippen LogP contribution is 2.23. The molecule has 0 fully saturated rings. The lowest BCUT2D eigenvalue weighted by molar-refractivity contribution is 0.0472. The molecule has 0 aliphatic heterocycles. The summed E-state index contributed by atoms with van der Waals surface area (Å²) < 4.78 is 11.4. The highest BCUT2D eigenvalue weighted by atomic mass is 16.5. The number of para-hydroxylation sites is 1. The van der Waals surface area contributed by atoms with Gasteiger partial charge in [-0.15, -0.1) is 0 Å².